The van der Waals surface area contributed by atoms with Crippen LogP contribution in [0.25, 0.3) is 0 Å². The van der Waals surface area contributed by atoms with Gasteiger partial charge >= 0.3 is 16.1 Å². The van der Waals surface area contributed by atoms with Crippen molar-refractivity contribution in [2.75, 3.05) is 11.1 Å². The first-order valence-corrected chi connectivity index (χ1v) is 11.6. The van der Waals surface area contributed by atoms with E-state index in [1.165, 1.54) is 18.1 Å². The largest absolute Gasteiger partial charge is 0.467 e. The van der Waals surface area contributed by atoms with Crippen LogP contribution in [0.3, 0.4) is 0 Å². The van der Waals surface area contributed by atoms with Crippen molar-refractivity contribution in [2.45, 2.75) is 20.0 Å². The molecule has 0 spiro atoms. The Balaban J connectivity index is 1.80. The third kappa shape index (κ3) is 6.65. The van der Waals surface area contributed by atoms with Crippen LogP contribution in [0.1, 0.15) is 18.2 Å². The highest BCUT2D eigenvalue weighted by atomic mass is 35.5. The van der Waals surface area contributed by atoms with Crippen LogP contribution in [0.4, 0.5) is 10.5 Å². The number of carbonyl (C=O) groups excluding carboxylic acids is 1. The third-order valence-corrected chi connectivity index (χ3v) is 6.13. The number of rotatable bonds is 8. The summed E-state index contributed by atoms with van der Waals surface area (Å²) in [6.45, 7) is 1.87. The van der Waals surface area contributed by atoms with Crippen LogP contribution in [0, 0.1) is 0 Å². The van der Waals surface area contributed by atoms with Crippen LogP contribution in [-0.2, 0) is 23.2 Å². The van der Waals surface area contributed by atoms with Crippen molar-refractivity contribution in [3.05, 3.63) is 82.2 Å². The number of hydrogen-bond acceptors (Lipinski definition) is 5. The molecule has 1 N–H and O–H groups in total. The van der Waals surface area contributed by atoms with Crippen LogP contribution < -0.4 is 9.50 Å². The minimum atomic E-state index is -3.65. The van der Waals surface area contributed by atoms with Crippen molar-refractivity contribution >= 4 is 45.0 Å². The second kappa shape index (κ2) is 10.1. The molecule has 0 aliphatic carbocycles. The summed E-state index contributed by atoms with van der Waals surface area (Å²) in [5.74, 6) is 0.626. The van der Waals surface area contributed by atoms with Crippen LogP contribution in [0.5, 0.6) is 5.75 Å². The summed E-state index contributed by atoms with van der Waals surface area (Å²) in [5.41, 5.74) is 1.16. The quantitative estimate of drug-likeness (QED) is 0.425. The Morgan fingerprint density at radius 2 is 1.87 bits per heavy atom. The summed E-state index contributed by atoms with van der Waals surface area (Å²) in [5, 5.41) is 3.48. The maximum Gasteiger partial charge on any atom is 0.322 e. The predicted molar refractivity (Wildman–Crippen MR) is 120 cm³/mol. The van der Waals surface area contributed by atoms with Crippen molar-refractivity contribution in [1.29, 1.82) is 0 Å². The lowest BCUT2D eigenvalue weighted by Gasteiger charge is -2.23. The number of halogens is 2. The Bertz CT molecular complexity index is 1150. The predicted octanol–water partition coefficient (Wildman–Crippen LogP) is 5.55. The molecule has 0 saturated carbocycles. The maximum absolute atomic E-state index is 13.0. The molecule has 0 unspecified atom stereocenters. The fourth-order valence-electron chi connectivity index (χ4n) is 2.69. The molecule has 10 heteroatoms. The van der Waals surface area contributed by atoms with Gasteiger partial charge in [0.1, 0.15) is 11.5 Å². The number of nitrogens with zero attached hydrogens (tertiary/aromatic N) is 1. The van der Waals surface area contributed by atoms with Gasteiger partial charge in [0.25, 0.3) is 0 Å². The standard InChI is InChI=1S/C21H20Cl2N2O5S/c1-2-31(27,28)30-17-6-3-5-15(11-17)13-25(14-18-7-4-10-29-18)21(26)24-16-8-9-19(22)20(23)12-16/h3-12H,2,13-14H2,1H3,(H,24,26). The first-order valence-electron chi connectivity index (χ1n) is 9.30. The van der Waals surface area contributed by atoms with Gasteiger partial charge in [0.15, 0.2) is 0 Å². The van der Waals surface area contributed by atoms with Gasteiger partial charge < -0.3 is 18.8 Å². The molecule has 0 atom stereocenters. The lowest BCUT2D eigenvalue weighted by molar-refractivity contribution is 0.201. The molecule has 0 aliphatic heterocycles. The third-order valence-electron chi connectivity index (χ3n) is 4.23. The lowest BCUT2D eigenvalue weighted by Crippen LogP contribution is -2.34. The second-order valence-electron chi connectivity index (χ2n) is 6.57. The van der Waals surface area contributed by atoms with Crippen molar-refractivity contribution in [3.8, 4) is 5.75 Å². The van der Waals surface area contributed by atoms with Crippen molar-refractivity contribution in [2.24, 2.45) is 0 Å². The SMILES string of the molecule is CCS(=O)(=O)Oc1cccc(CN(Cc2ccco2)C(=O)Nc2ccc(Cl)c(Cl)c2)c1. The number of carbonyl (C=O) groups is 1. The minimum Gasteiger partial charge on any atom is -0.467 e. The van der Waals surface area contributed by atoms with Crippen molar-refractivity contribution in [1.82, 2.24) is 4.90 Å². The molecular formula is C21H20Cl2N2O5S. The maximum atomic E-state index is 13.0. The van der Waals surface area contributed by atoms with Crippen LogP contribution >= 0.6 is 23.2 Å². The zero-order valence-electron chi connectivity index (χ0n) is 16.5. The van der Waals surface area contributed by atoms with Gasteiger partial charge in [0.2, 0.25) is 0 Å². The fourth-order valence-corrected chi connectivity index (χ4v) is 3.50. The van der Waals surface area contributed by atoms with Crippen molar-refractivity contribution in [3.63, 3.8) is 0 Å². The highest BCUT2D eigenvalue weighted by Crippen LogP contribution is 2.25. The van der Waals surface area contributed by atoms with Gasteiger partial charge in [-0.05, 0) is 55.0 Å². The molecular weight excluding hydrogens is 463 g/mol. The molecule has 1 heterocycles. The molecule has 31 heavy (non-hydrogen) atoms. The highest BCUT2D eigenvalue weighted by Gasteiger charge is 2.18. The van der Waals surface area contributed by atoms with E-state index in [4.69, 9.17) is 31.8 Å². The van der Waals surface area contributed by atoms with E-state index in [2.05, 4.69) is 5.32 Å². The number of anilines is 1. The zero-order valence-corrected chi connectivity index (χ0v) is 18.9. The van der Waals surface area contributed by atoms with Gasteiger partial charge in [-0.15, -0.1) is 0 Å². The molecule has 2 aromatic carbocycles. The molecule has 7 nitrogen and oxygen atoms in total. The van der Waals surface area contributed by atoms with E-state index in [0.29, 0.717) is 27.1 Å². The Labute approximate surface area is 190 Å². The number of amides is 2. The normalized spacial score (nSPS) is 11.2. The molecule has 0 radical (unpaired) electrons. The van der Waals surface area contributed by atoms with E-state index in [-0.39, 0.29) is 24.6 Å². The van der Waals surface area contributed by atoms with Crippen molar-refractivity contribution < 1.29 is 21.8 Å². The molecule has 1 aromatic heterocycles. The molecule has 3 rings (SSSR count). The Morgan fingerprint density at radius 1 is 1.06 bits per heavy atom. The summed E-state index contributed by atoms with van der Waals surface area (Å²) >= 11 is 12.0. The Hall–Kier alpha value is -2.68. The van der Waals surface area contributed by atoms with Gasteiger partial charge in [-0.25, -0.2) is 4.79 Å². The number of nitrogens with one attached hydrogen (secondary N) is 1. The minimum absolute atomic E-state index is 0.145. The number of hydrogen-bond donors (Lipinski definition) is 1. The van der Waals surface area contributed by atoms with Gasteiger partial charge in [-0.1, -0.05) is 35.3 Å². The number of benzene rings is 2. The molecule has 0 bridgehead atoms. The number of furan rings is 1. The Kier molecular flexibility index (Phi) is 7.48. The van der Waals surface area contributed by atoms with E-state index in [1.807, 2.05) is 0 Å². The zero-order chi connectivity index (χ0) is 22.4. The summed E-state index contributed by atoms with van der Waals surface area (Å²) in [7, 11) is -3.65. The van der Waals surface area contributed by atoms with Crippen LogP contribution in [-0.4, -0.2) is 25.1 Å². The van der Waals surface area contributed by atoms with E-state index in [0.717, 1.165) is 0 Å². The van der Waals surface area contributed by atoms with Crippen LogP contribution in [0.15, 0.2) is 65.3 Å². The Morgan fingerprint density at radius 3 is 2.55 bits per heavy atom. The number of urea groups is 1. The van der Waals surface area contributed by atoms with Gasteiger partial charge in [0, 0.05) is 12.2 Å². The van der Waals surface area contributed by atoms with Gasteiger partial charge in [-0.3, -0.25) is 0 Å². The van der Waals surface area contributed by atoms with Crippen LogP contribution in [0.2, 0.25) is 10.0 Å². The monoisotopic (exact) mass is 482 g/mol. The first-order chi connectivity index (χ1) is 14.8. The highest BCUT2D eigenvalue weighted by molar-refractivity contribution is 7.87. The smallest absolute Gasteiger partial charge is 0.322 e. The summed E-state index contributed by atoms with van der Waals surface area (Å²) in [6.07, 6.45) is 1.52. The fraction of sp³-hybridized carbons (Fsp3) is 0.190. The molecule has 0 fully saturated rings. The lowest BCUT2D eigenvalue weighted by atomic mass is 10.2. The average molecular weight is 483 g/mol. The molecule has 164 valence electrons. The first kappa shape index (κ1) is 23.0. The second-order valence-corrected chi connectivity index (χ2v) is 9.25. The van der Waals surface area contributed by atoms with E-state index in [9.17, 15) is 13.2 Å². The molecule has 3 aromatic rings. The average Bonchev–Trinajstić information content (AvgIpc) is 3.23. The topological polar surface area (TPSA) is 88.9 Å². The summed E-state index contributed by atoms with van der Waals surface area (Å²) in [4.78, 5) is 14.5. The summed E-state index contributed by atoms with van der Waals surface area (Å²) < 4.78 is 33.9. The van der Waals surface area contributed by atoms with Gasteiger partial charge in [0.05, 0.1) is 28.6 Å². The molecule has 2 amide bonds. The summed E-state index contributed by atoms with van der Waals surface area (Å²) in [6, 6.07) is 14.4. The van der Waals surface area contributed by atoms with E-state index in [1.54, 1.807) is 54.6 Å². The molecule has 0 saturated heterocycles. The van der Waals surface area contributed by atoms with E-state index < -0.39 is 16.1 Å². The van der Waals surface area contributed by atoms with Gasteiger partial charge in [-0.2, -0.15) is 8.42 Å². The molecule has 0 aliphatic rings. The van der Waals surface area contributed by atoms with E-state index >= 15 is 0 Å².